The van der Waals surface area contributed by atoms with Gasteiger partial charge in [-0.15, -0.1) is 0 Å². The highest BCUT2D eigenvalue weighted by Crippen LogP contribution is 2.11. The van der Waals surface area contributed by atoms with E-state index < -0.39 is 5.34 Å². The zero-order valence-electron chi connectivity index (χ0n) is 4.51. The van der Waals surface area contributed by atoms with Gasteiger partial charge in [-0.25, -0.2) is 0 Å². The van der Waals surface area contributed by atoms with Gasteiger partial charge in [0.15, 0.2) is 0 Å². The van der Waals surface area contributed by atoms with Crippen LogP contribution in [0.4, 0.5) is 14.6 Å². The maximum Gasteiger partial charge on any atom is 0.113 e. The van der Waals surface area contributed by atoms with Crippen molar-refractivity contribution in [2.75, 3.05) is 5.34 Å². The molecule has 0 unspecified atom stereocenters. The molecule has 0 heterocycles. The quantitative estimate of drug-likeness (QED) is 0.523. The Kier molecular flexibility index (Phi) is 1.63. The van der Waals surface area contributed by atoms with Crippen LogP contribution in [0.15, 0.2) is 24.3 Å². The number of hydrogen-bond acceptors (Lipinski definition) is 1. The third kappa shape index (κ3) is 1.38. The van der Waals surface area contributed by atoms with Gasteiger partial charge in [0.2, 0.25) is 0 Å². The molecule has 1 nitrogen and oxygen atoms in total. The molecule has 47 valence electrons. The monoisotopic (exact) mass is 128 g/mol. The molecule has 0 atom stereocenters. The summed E-state index contributed by atoms with van der Waals surface area (Å²) < 4.78 is 23.1. The molecule has 0 aliphatic heterocycles. The van der Waals surface area contributed by atoms with Crippen molar-refractivity contribution >= 4 is 5.69 Å². The fourth-order valence-electron chi connectivity index (χ4n) is 0.489. The number of hydrogen-bond donors (Lipinski definition) is 0. The second-order valence-corrected chi connectivity index (χ2v) is 1.48. The number of halogens is 2. The summed E-state index contributed by atoms with van der Waals surface area (Å²) in [5.74, 6) is 0. The van der Waals surface area contributed by atoms with Crippen molar-refractivity contribution in [1.82, 2.24) is 0 Å². The number of anilines is 1. The Bertz CT molecular complexity index is 174. The lowest BCUT2D eigenvalue weighted by Gasteiger charge is -1.97. The van der Waals surface area contributed by atoms with E-state index >= 15 is 0 Å². The Balaban J connectivity index is 2.85. The molecule has 9 heavy (non-hydrogen) atoms. The van der Waals surface area contributed by atoms with Crippen molar-refractivity contribution in [1.29, 1.82) is 0 Å². The molecular weight excluding hydrogens is 124 g/mol. The zero-order valence-corrected chi connectivity index (χ0v) is 4.51. The summed E-state index contributed by atoms with van der Waals surface area (Å²) in [7, 11) is 0. The summed E-state index contributed by atoms with van der Waals surface area (Å²) in [6.45, 7) is 0. The maximum absolute atomic E-state index is 11.6. The Morgan fingerprint density at radius 3 is 2.44 bits per heavy atom. The van der Waals surface area contributed by atoms with Crippen molar-refractivity contribution in [2.45, 2.75) is 0 Å². The Hall–Kier alpha value is -1.12. The van der Waals surface area contributed by atoms with Crippen LogP contribution in [0, 0.1) is 6.07 Å². The summed E-state index contributed by atoms with van der Waals surface area (Å²) in [5, 5.41) is -0.972. The number of rotatable bonds is 1. The normalized spacial score (nSPS) is 9.11. The van der Waals surface area contributed by atoms with Crippen molar-refractivity contribution in [2.24, 2.45) is 0 Å². The van der Waals surface area contributed by atoms with E-state index in [0.29, 0.717) is 0 Å². The standard InChI is InChI=1S/C6H4F2N/c7-9(8)6-4-2-1-3-5-6/h1-4H. The van der Waals surface area contributed by atoms with Crippen molar-refractivity contribution < 1.29 is 8.96 Å². The first-order chi connectivity index (χ1) is 4.30. The Morgan fingerprint density at radius 2 is 2.11 bits per heavy atom. The van der Waals surface area contributed by atoms with Gasteiger partial charge < -0.3 is 0 Å². The maximum atomic E-state index is 11.6. The Morgan fingerprint density at radius 1 is 1.33 bits per heavy atom. The number of para-hydroxylation sites is 1. The first kappa shape index (κ1) is 6.01. The predicted octanol–water partition coefficient (Wildman–Crippen LogP) is 2.06. The van der Waals surface area contributed by atoms with E-state index in [0.717, 1.165) is 0 Å². The van der Waals surface area contributed by atoms with Crippen LogP contribution >= 0.6 is 0 Å². The molecule has 0 saturated heterocycles. The van der Waals surface area contributed by atoms with Crippen LogP contribution in [0.5, 0.6) is 0 Å². The van der Waals surface area contributed by atoms with Crippen LogP contribution in [-0.4, -0.2) is 0 Å². The number of nitrogens with zero attached hydrogens (tertiary/aromatic N) is 1. The lowest BCUT2D eigenvalue weighted by molar-refractivity contribution is 0.235. The second kappa shape index (κ2) is 2.44. The van der Waals surface area contributed by atoms with E-state index in [9.17, 15) is 8.96 Å². The van der Waals surface area contributed by atoms with E-state index in [1.165, 1.54) is 18.2 Å². The van der Waals surface area contributed by atoms with Crippen LogP contribution in [0.2, 0.25) is 0 Å². The molecule has 0 saturated carbocycles. The molecule has 1 rings (SSSR count). The van der Waals surface area contributed by atoms with Crippen LogP contribution in [-0.2, 0) is 0 Å². The molecular formula is C6H4F2N. The zero-order chi connectivity index (χ0) is 6.69. The van der Waals surface area contributed by atoms with Gasteiger partial charge in [0, 0.05) is 6.07 Å². The highest BCUT2D eigenvalue weighted by atomic mass is 19.4. The summed E-state index contributed by atoms with van der Waals surface area (Å²) in [4.78, 5) is 0. The third-order valence-corrected chi connectivity index (χ3v) is 0.875. The smallest absolute Gasteiger partial charge is 0.0666 e. The van der Waals surface area contributed by atoms with Crippen LogP contribution in [0.25, 0.3) is 0 Å². The van der Waals surface area contributed by atoms with E-state index in [4.69, 9.17) is 0 Å². The first-order valence-electron chi connectivity index (χ1n) is 2.39. The molecule has 0 aliphatic carbocycles. The van der Waals surface area contributed by atoms with Crippen molar-refractivity contribution in [3.63, 3.8) is 0 Å². The van der Waals surface area contributed by atoms with Gasteiger partial charge in [0.25, 0.3) is 0 Å². The molecule has 1 aromatic rings. The van der Waals surface area contributed by atoms with Crippen molar-refractivity contribution in [3.8, 4) is 0 Å². The minimum Gasteiger partial charge on any atom is -0.0666 e. The van der Waals surface area contributed by atoms with E-state index in [-0.39, 0.29) is 5.69 Å². The highest BCUT2D eigenvalue weighted by Gasteiger charge is 1.98. The Labute approximate surface area is 51.4 Å². The lowest BCUT2D eigenvalue weighted by atomic mass is 10.3. The fourth-order valence-corrected chi connectivity index (χ4v) is 0.489. The topological polar surface area (TPSA) is 3.24 Å². The minimum absolute atomic E-state index is 0.211. The fraction of sp³-hybridized carbons (Fsp3) is 0. The molecule has 0 fully saturated rings. The summed E-state index contributed by atoms with van der Waals surface area (Å²) in [6.07, 6.45) is 0. The molecule has 0 N–H and O–H groups in total. The summed E-state index contributed by atoms with van der Waals surface area (Å²) in [5.41, 5.74) is -0.211. The largest absolute Gasteiger partial charge is 0.113 e. The van der Waals surface area contributed by atoms with E-state index in [2.05, 4.69) is 6.07 Å². The van der Waals surface area contributed by atoms with Crippen LogP contribution in [0.1, 0.15) is 0 Å². The predicted molar refractivity (Wildman–Crippen MR) is 30.0 cm³/mol. The molecule has 1 aromatic carbocycles. The number of benzene rings is 1. The molecule has 0 amide bonds. The average Bonchev–Trinajstić information content (AvgIpc) is 1.90. The van der Waals surface area contributed by atoms with Crippen LogP contribution < -0.4 is 5.34 Å². The minimum atomic E-state index is -0.972. The average molecular weight is 128 g/mol. The van der Waals surface area contributed by atoms with E-state index in [1.54, 1.807) is 6.07 Å². The molecule has 0 aliphatic rings. The van der Waals surface area contributed by atoms with E-state index in [1.807, 2.05) is 0 Å². The highest BCUT2D eigenvalue weighted by molar-refractivity contribution is 5.38. The molecule has 0 spiro atoms. The van der Waals surface area contributed by atoms with Crippen molar-refractivity contribution in [3.05, 3.63) is 30.3 Å². The van der Waals surface area contributed by atoms with Gasteiger partial charge >= 0.3 is 0 Å². The first-order valence-corrected chi connectivity index (χ1v) is 2.39. The van der Waals surface area contributed by atoms with Gasteiger partial charge in [0.1, 0.15) is 5.69 Å². The summed E-state index contributed by atoms with van der Waals surface area (Å²) >= 11 is 0. The molecule has 0 bridgehead atoms. The van der Waals surface area contributed by atoms with Gasteiger partial charge in [0.05, 0.1) is 0 Å². The molecule has 3 heteroatoms. The van der Waals surface area contributed by atoms with Crippen LogP contribution in [0.3, 0.4) is 0 Å². The third-order valence-electron chi connectivity index (χ3n) is 0.875. The van der Waals surface area contributed by atoms with Gasteiger partial charge in [-0.2, -0.15) is 0 Å². The lowest BCUT2D eigenvalue weighted by Crippen LogP contribution is -1.93. The SMILES string of the molecule is FN(F)c1[c]cccc1. The second-order valence-electron chi connectivity index (χ2n) is 1.48. The van der Waals surface area contributed by atoms with Gasteiger partial charge in [-0.1, -0.05) is 27.2 Å². The van der Waals surface area contributed by atoms with Gasteiger partial charge in [-0.05, 0) is 11.4 Å². The van der Waals surface area contributed by atoms with Gasteiger partial charge in [-0.3, -0.25) is 0 Å². The molecule has 0 aromatic heterocycles. The summed E-state index contributed by atoms with van der Waals surface area (Å²) in [6, 6.07) is 8.21. The molecule has 1 radical (unpaired) electrons.